The molecule has 2 fully saturated rings. The second-order valence-corrected chi connectivity index (χ2v) is 11.5. The van der Waals surface area contributed by atoms with Crippen LogP contribution in [0.5, 0.6) is 0 Å². The van der Waals surface area contributed by atoms with Gasteiger partial charge in [0, 0.05) is 25.1 Å². The van der Waals surface area contributed by atoms with E-state index in [2.05, 4.69) is 37.8 Å². The first kappa shape index (κ1) is 25.0. The highest BCUT2D eigenvalue weighted by Crippen LogP contribution is 2.70. The van der Waals surface area contributed by atoms with Gasteiger partial charge in [0.05, 0.1) is 5.41 Å². The number of hydrogen-bond donors (Lipinski definition) is 2. The summed E-state index contributed by atoms with van der Waals surface area (Å²) in [5, 5.41) is 9.59. The lowest BCUT2D eigenvalue weighted by Crippen LogP contribution is -2.52. The van der Waals surface area contributed by atoms with Crippen LogP contribution in [0.15, 0.2) is 47.1 Å². The summed E-state index contributed by atoms with van der Waals surface area (Å²) in [4.78, 5) is 26.1. The largest absolute Gasteiger partial charge is 0.399 e. The normalized spacial score (nSPS) is 35.2. The number of nitrogens with two attached hydrogens (primary N) is 1. The third-order valence-electron chi connectivity index (χ3n) is 9.76. The zero-order valence-electron chi connectivity index (χ0n) is 21.6. The van der Waals surface area contributed by atoms with Crippen LogP contribution >= 0.6 is 0 Å². The van der Waals surface area contributed by atoms with Crippen molar-refractivity contribution in [1.82, 2.24) is 0 Å². The Morgan fingerprint density at radius 1 is 1.25 bits per heavy atom. The minimum absolute atomic E-state index is 0.0239. The molecule has 1 aromatic rings. The molecule has 0 heterocycles. The van der Waals surface area contributed by atoms with Crippen molar-refractivity contribution in [3.63, 3.8) is 0 Å². The number of nitrogen functional groups attached to an aromatic ring is 1. The number of Topliss-reactive ketones (excluding diaryl/α,β-unsaturated/α-hetero) is 1. The lowest BCUT2D eigenvalue weighted by molar-refractivity contribution is -0.136. The molecule has 36 heavy (non-hydrogen) atoms. The number of fused-ring (bicyclic) bond motifs is 4. The van der Waals surface area contributed by atoms with E-state index < -0.39 is 5.41 Å². The zero-order valence-corrected chi connectivity index (χ0v) is 21.6. The molecule has 1 aromatic carbocycles. The predicted molar refractivity (Wildman–Crippen MR) is 140 cm³/mol. The second-order valence-electron chi connectivity index (χ2n) is 11.5. The van der Waals surface area contributed by atoms with Crippen LogP contribution in [0.3, 0.4) is 0 Å². The van der Waals surface area contributed by atoms with Gasteiger partial charge in [-0.25, -0.2) is 0 Å². The van der Waals surface area contributed by atoms with E-state index in [-0.39, 0.29) is 36.1 Å². The molecule has 0 saturated heterocycles. The van der Waals surface area contributed by atoms with Crippen LogP contribution in [-0.4, -0.2) is 37.0 Å². The van der Waals surface area contributed by atoms with E-state index in [1.165, 1.54) is 22.3 Å². The number of aliphatic hydroxyl groups excluding tert-OH is 1. The maximum atomic E-state index is 13.7. The van der Waals surface area contributed by atoms with Crippen molar-refractivity contribution in [2.24, 2.45) is 28.6 Å². The number of allylic oxidation sites excluding steroid dienone is 4. The van der Waals surface area contributed by atoms with E-state index in [1.54, 1.807) is 7.11 Å². The number of aliphatic hydroxyl groups is 1. The third kappa shape index (κ3) is 3.69. The average molecular weight is 488 g/mol. The van der Waals surface area contributed by atoms with Crippen LogP contribution in [-0.2, 0) is 14.3 Å². The number of hydrogen-bond acceptors (Lipinski definition) is 5. The van der Waals surface area contributed by atoms with E-state index in [0.717, 1.165) is 31.4 Å². The molecule has 1 unspecified atom stereocenters. The molecule has 6 atom stereocenters. The van der Waals surface area contributed by atoms with Gasteiger partial charge in [-0.2, -0.15) is 0 Å². The maximum Gasteiger partial charge on any atom is 0.176 e. The van der Waals surface area contributed by atoms with Crippen LogP contribution in [0.25, 0.3) is 0 Å². The Balaban J connectivity index is 1.72. The fraction of sp³-hybridized carbons (Fsp3) is 0.548. The Kier molecular flexibility index (Phi) is 6.47. The van der Waals surface area contributed by atoms with Crippen LogP contribution < -0.4 is 5.73 Å². The van der Waals surface area contributed by atoms with Crippen LogP contribution in [0.1, 0.15) is 63.9 Å². The molecule has 0 bridgehead atoms. The highest BCUT2D eigenvalue weighted by Gasteiger charge is 2.65. The van der Waals surface area contributed by atoms with Crippen molar-refractivity contribution < 1.29 is 19.4 Å². The predicted octanol–water partition coefficient (Wildman–Crippen LogP) is 4.61. The Bertz CT molecular complexity index is 1200. The lowest BCUT2D eigenvalue weighted by atomic mass is 9.47. The summed E-state index contributed by atoms with van der Waals surface area (Å²) in [7, 11) is 1.56. The summed E-state index contributed by atoms with van der Waals surface area (Å²) in [6.07, 6.45) is 6.64. The van der Waals surface area contributed by atoms with Crippen molar-refractivity contribution >= 4 is 17.3 Å². The fourth-order valence-electron chi connectivity index (χ4n) is 8.19. The molecule has 4 aliphatic carbocycles. The molecule has 4 aliphatic rings. The number of rotatable bonds is 4. The number of ketones is 2. The smallest absolute Gasteiger partial charge is 0.176 e. The molecule has 0 radical (unpaired) electrons. The first-order valence-corrected chi connectivity index (χ1v) is 13.2. The molecule has 5 rings (SSSR count). The average Bonchev–Trinajstić information content (AvgIpc) is 3.16. The van der Waals surface area contributed by atoms with Gasteiger partial charge in [0.1, 0.15) is 13.2 Å². The molecule has 5 heteroatoms. The standard InChI is InChI=1S/C31H37NO4/c1-19-15-25-27-11-13-31(12-4-14-33,28(35)18-36-3)30(27,2)17-26(20-5-7-21(32)8-6-20)29(25)23-10-9-22(34)16-24(19)23/h5-8,16,19,25-27,33H,9-11,13-15,17-18,32H2,1-3H3/t19?,25-,26+,27-,30-,31+/m0/s1. The first-order chi connectivity index (χ1) is 17.3. The van der Waals surface area contributed by atoms with Crippen molar-refractivity contribution in [3.8, 4) is 11.8 Å². The van der Waals surface area contributed by atoms with Crippen molar-refractivity contribution in [3.05, 3.63) is 52.6 Å². The van der Waals surface area contributed by atoms with Gasteiger partial charge in [0.25, 0.3) is 0 Å². The quantitative estimate of drug-likeness (QED) is 0.478. The number of ether oxygens (including phenoxy) is 1. The van der Waals surface area contributed by atoms with E-state index >= 15 is 0 Å². The monoisotopic (exact) mass is 487 g/mol. The van der Waals surface area contributed by atoms with Gasteiger partial charge >= 0.3 is 0 Å². The minimum atomic E-state index is -0.847. The summed E-state index contributed by atoms with van der Waals surface area (Å²) >= 11 is 0. The van der Waals surface area contributed by atoms with Crippen LogP contribution in [0.2, 0.25) is 0 Å². The van der Waals surface area contributed by atoms with Gasteiger partial charge in [-0.15, -0.1) is 0 Å². The highest BCUT2D eigenvalue weighted by atomic mass is 16.5. The van der Waals surface area contributed by atoms with Gasteiger partial charge in [-0.05, 0) is 90.2 Å². The molecule has 2 saturated carbocycles. The number of anilines is 1. The number of methoxy groups -OCH3 is 1. The lowest BCUT2D eigenvalue weighted by Gasteiger charge is -2.55. The zero-order chi connectivity index (χ0) is 25.7. The molecule has 0 spiro atoms. The summed E-state index contributed by atoms with van der Waals surface area (Å²) < 4.78 is 5.33. The van der Waals surface area contributed by atoms with Gasteiger partial charge in [-0.3, -0.25) is 9.59 Å². The second kappa shape index (κ2) is 9.32. The topological polar surface area (TPSA) is 89.6 Å². The van der Waals surface area contributed by atoms with E-state index in [1.807, 2.05) is 18.2 Å². The van der Waals surface area contributed by atoms with Crippen molar-refractivity contribution in [2.75, 3.05) is 26.1 Å². The number of carbonyl (C=O) groups is 2. The van der Waals surface area contributed by atoms with Crippen LogP contribution in [0, 0.1) is 40.4 Å². The van der Waals surface area contributed by atoms with Gasteiger partial charge in [-0.1, -0.05) is 43.4 Å². The molecule has 190 valence electrons. The summed E-state index contributed by atoms with van der Waals surface area (Å²) in [6, 6.07) is 8.16. The molecular weight excluding hydrogens is 450 g/mol. The van der Waals surface area contributed by atoms with Crippen LogP contribution in [0.4, 0.5) is 5.69 Å². The minimum Gasteiger partial charge on any atom is -0.399 e. The van der Waals surface area contributed by atoms with E-state index in [4.69, 9.17) is 10.5 Å². The van der Waals surface area contributed by atoms with E-state index in [9.17, 15) is 14.7 Å². The Hall–Kier alpha value is -2.68. The maximum absolute atomic E-state index is 13.7. The fourth-order valence-corrected chi connectivity index (χ4v) is 8.19. The summed E-state index contributed by atoms with van der Waals surface area (Å²) in [5.74, 6) is 7.49. The number of carbonyl (C=O) groups excluding carboxylic acids is 2. The summed E-state index contributed by atoms with van der Waals surface area (Å²) in [5.41, 5.74) is 10.9. The Labute approximate surface area is 214 Å². The van der Waals surface area contributed by atoms with Gasteiger partial charge < -0.3 is 15.6 Å². The molecule has 0 aliphatic heterocycles. The third-order valence-corrected chi connectivity index (χ3v) is 9.76. The molecule has 5 nitrogen and oxygen atoms in total. The summed E-state index contributed by atoms with van der Waals surface area (Å²) in [6.45, 7) is 4.27. The Morgan fingerprint density at radius 2 is 2.00 bits per heavy atom. The number of benzene rings is 1. The molecule has 0 aromatic heterocycles. The molecule has 3 N–H and O–H groups in total. The SMILES string of the molecule is COCC(=O)[C@@]1(C#CCO)CC[C@H]2[C@@H]3CC(C)C4=CC(=O)CCC4=C3[C@@H](c3ccc(N)cc3)C[C@@]21C. The molecular formula is C31H37NO4. The first-order valence-electron chi connectivity index (χ1n) is 13.2. The van der Waals surface area contributed by atoms with Gasteiger partial charge in [0.2, 0.25) is 0 Å². The van der Waals surface area contributed by atoms with Crippen molar-refractivity contribution in [2.45, 2.75) is 58.3 Å². The molecule has 0 amide bonds. The highest BCUT2D eigenvalue weighted by molar-refractivity contribution is 5.93. The van der Waals surface area contributed by atoms with Gasteiger partial charge in [0.15, 0.2) is 11.6 Å². The van der Waals surface area contributed by atoms with Crippen molar-refractivity contribution in [1.29, 1.82) is 0 Å². The van der Waals surface area contributed by atoms with E-state index in [0.29, 0.717) is 30.6 Å². The Morgan fingerprint density at radius 3 is 2.69 bits per heavy atom.